The van der Waals surface area contributed by atoms with Gasteiger partial charge in [-0.3, -0.25) is 14.8 Å². The SMILES string of the molecule is CC1=Nc2ccccc2C1=Cc1c(N)n2nc(-c3cccnc3)sc2nc1=O. The summed E-state index contributed by atoms with van der Waals surface area (Å²) in [4.78, 5) is 26.0. The number of hydrogen-bond donors (Lipinski definition) is 1. The van der Waals surface area contributed by atoms with Crippen LogP contribution in [0.2, 0.25) is 0 Å². The lowest BCUT2D eigenvalue weighted by Crippen LogP contribution is -2.17. The van der Waals surface area contributed by atoms with E-state index in [1.807, 2.05) is 43.3 Å². The third kappa shape index (κ3) is 2.54. The summed E-state index contributed by atoms with van der Waals surface area (Å²) in [5.41, 5.74) is 10.6. The summed E-state index contributed by atoms with van der Waals surface area (Å²) in [6, 6.07) is 11.5. The van der Waals surface area contributed by atoms with Crippen LogP contribution in [-0.2, 0) is 0 Å². The molecule has 8 heteroatoms. The maximum absolute atomic E-state index is 12.7. The molecule has 0 aliphatic carbocycles. The first-order valence-electron chi connectivity index (χ1n) is 8.58. The van der Waals surface area contributed by atoms with Gasteiger partial charge in [-0.15, -0.1) is 0 Å². The van der Waals surface area contributed by atoms with Gasteiger partial charge in [0.2, 0.25) is 4.96 Å². The first-order chi connectivity index (χ1) is 13.6. The van der Waals surface area contributed by atoms with E-state index in [4.69, 9.17) is 5.73 Å². The highest BCUT2D eigenvalue weighted by molar-refractivity contribution is 7.19. The molecule has 0 unspecified atom stereocenters. The van der Waals surface area contributed by atoms with Crippen molar-refractivity contribution in [1.29, 1.82) is 0 Å². The molecule has 7 nitrogen and oxygen atoms in total. The summed E-state index contributed by atoms with van der Waals surface area (Å²) in [5, 5.41) is 5.23. The number of anilines is 1. The van der Waals surface area contributed by atoms with Crippen molar-refractivity contribution in [3.63, 3.8) is 0 Å². The number of fused-ring (bicyclic) bond motifs is 2. The van der Waals surface area contributed by atoms with Crippen molar-refractivity contribution in [3.05, 3.63) is 70.3 Å². The number of nitrogens with zero attached hydrogens (tertiary/aromatic N) is 5. The van der Waals surface area contributed by atoms with E-state index in [0.29, 0.717) is 15.5 Å². The number of aliphatic imine (C=N–C) groups is 1. The van der Waals surface area contributed by atoms with Gasteiger partial charge < -0.3 is 5.73 Å². The molecule has 1 aliphatic rings. The van der Waals surface area contributed by atoms with Crippen molar-refractivity contribution in [3.8, 4) is 10.6 Å². The predicted octanol–water partition coefficient (Wildman–Crippen LogP) is 3.44. The number of aromatic nitrogens is 4. The van der Waals surface area contributed by atoms with Gasteiger partial charge in [-0.1, -0.05) is 29.5 Å². The van der Waals surface area contributed by atoms with E-state index in [2.05, 4.69) is 20.1 Å². The van der Waals surface area contributed by atoms with E-state index < -0.39 is 0 Å². The minimum Gasteiger partial charge on any atom is -0.383 e. The first kappa shape index (κ1) is 16.5. The summed E-state index contributed by atoms with van der Waals surface area (Å²) in [5.74, 6) is 0.256. The number of allylic oxidation sites excluding steroid dienone is 1. The number of benzene rings is 1. The number of nitrogens with two attached hydrogens (primary N) is 1. The number of nitrogen functional groups attached to an aromatic ring is 1. The van der Waals surface area contributed by atoms with Gasteiger partial charge in [-0.25, -0.2) is 0 Å². The minimum atomic E-state index is -0.386. The summed E-state index contributed by atoms with van der Waals surface area (Å²) >= 11 is 1.30. The van der Waals surface area contributed by atoms with Gasteiger partial charge >= 0.3 is 0 Å². The lowest BCUT2D eigenvalue weighted by molar-refractivity contribution is 0.944. The minimum absolute atomic E-state index is 0.256. The fraction of sp³-hybridized carbons (Fsp3) is 0.0500. The summed E-state index contributed by atoms with van der Waals surface area (Å²) in [7, 11) is 0. The Morgan fingerprint density at radius 1 is 1.18 bits per heavy atom. The molecule has 1 aliphatic heterocycles. The third-order valence-electron chi connectivity index (χ3n) is 4.56. The van der Waals surface area contributed by atoms with Crippen molar-refractivity contribution in [1.82, 2.24) is 19.6 Å². The standard InChI is InChI=1S/C20H14N6OS/c1-11-14(13-6-2-3-7-16(13)23-11)9-15-17(21)26-20(24-18(15)27)28-19(25-26)12-5-4-8-22-10-12/h2-10H,21H2,1H3. The maximum Gasteiger partial charge on any atom is 0.283 e. The molecule has 4 heterocycles. The van der Waals surface area contributed by atoms with Gasteiger partial charge in [0.05, 0.1) is 11.3 Å². The molecule has 0 atom stereocenters. The number of hydrogen-bond acceptors (Lipinski definition) is 7. The molecular formula is C20H14N6OS. The van der Waals surface area contributed by atoms with Crippen LogP contribution in [0, 0.1) is 0 Å². The van der Waals surface area contributed by atoms with Crippen LogP contribution in [-0.4, -0.2) is 25.3 Å². The van der Waals surface area contributed by atoms with Crippen molar-refractivity contribution < 1.29 is 0 Å². The van der Waals surface area contributed by atoms with Crippen LogP contribution in [0.5, 0.6) is 0 Å². The van der Waals surface area contributed by atoms with E-state index in [9.17, 15) is 4.79 Å². The highest BCUT2D eigenvalue weighted by Crippen LogP contribution is 2.36. The summed E-state index contributed by atoms with van der Waals surface area (Å²) in [6.45, 7) is 1.91. The zero-order chi connectivity index (χ0) is 19.3. The van der Waals surface area contributed by atoms with Crippen molar-refractivity contribution >= 4 is 45.2 Å². The highest BCUT2D eigenvalue weighted by atomic mass is 32.1. The summed E-state index contributed by atoms with van der Waals surface area (Å²) < 4.78 is 1.51. The highest BCUT2D eigenvalue weighted by Gasteiger charge is 2.20. The zero-order valence-corrected chi connectivity index (χ0v) is 15.6. The second-order valence-corrected chi connectivity index (χ2v) is 7.29. The second-order valence-electron chi connectivity index (χ2n) is 6.33. The van der Waals surface area contributed by atoms with E-state index in [0.717, 1.165) is 28.1 Å². The average molecular weight is 386 g/mol. The topological polar surface area (TPSA) is 98.5 Å². The molecule has 3 aromatic heterocycles. The Kier molecular flexibility index (Phi) is 3.66. The maximum atomic E-state index is 12.7. The fourth-order valence-electron chi connectivity index (χ4n) is 3.18. The van der Waals surface area contributed by atoms with E-state index in [1.54, 1.807) is 18.5 Å². The van der Waals surface area contributed by atoms with Crippen LogP contribution in [0.4, 0.5) is 11.5 Å². The molecule has 5 rings (SSSR count). The molecular weight excluding hydrogens is 372 g/mol. The molecule has 136 valence electrons. The fourth-order valence-corrected chi connectivity index (χ4v) is 4.07. The lowest BCUT2D eigenvalue weighted by Gasteiger charge is -2.04. The van der Waals surface area contributed by atoms with E-state index in [1.165, 1.54) is 15.9 Å². The van der Waals surface area contributed by atoms with Crippen LogP contribution in [0.1, 0.15) is 18.1 Å². The molecule has 1 aromatic carbocycles. The number of para-hydroxylation sites is 1. The molecule has 4 aromatic rings. The Hall–Kier alpha value is -3.65. The van der Waals surface area contributed by atoms with Gasteiger partial charge in [0.15, 0.2) is 0 Å². The largest absolute Gasteiger partial charge is 0.383 e. The van der Waals surface area contributed by atoms with Gasteiger partial charge in [-0.05, 0) is 31.2 Å². The van der Waals surface area contributed by atoms with Crippen molar-refractivity contribution in [2.45, 2.75) is 6.92 Å². The predicted molar refractivity (Wildman–Crippen MR) is 112 cm³/mol. The smallest absolute Gasteiger partial charge is 0.283 e. The van der Waals surface area contributed by atoms with Crippen LogP contribution < -0.4 is 11.3 Å². The van der Waals surface area contributed by atoms with Crippen LogP contribution in [0.15, 0.2) is 58.6 Å². The second kappa shape index (κ2) is 6.21. The molecule has 0 spiro atoms. The normalized spacial score (nSPS) is 14.5. The molecule has 0 bridgehead atoms. The molecule has 2 N–H and O–H groups in total. The van der Waals surface area contributed by atoms with Gasteiger partial charge in [0.1, 0.15) is 10.8 Å². The Morgan fingerprint density at radius 3 is 2.86 bits per heavy atom. The third-order valence-corrected chi connectivity index (χ3v) is 5.52. The molecule has 0 radical (unpaired) electrons. The summed E-state index contributed by atoms with van der Waals surface area (Å²) in [6.07, 6.45) is 5.16. The first-order valence-corrected chi connectivity index (χ1v) is 9.40. The number of rotatable bonds is 2. The monoisotopic (exact) mass is 386 g/mol. The van der Waals surface area contributed by atoms with Crippen LogP contribution in [0.3, 0.4) is 0 Å². The van der Waals surface area contributed by atoms with Crippen LogP contribution >= 0.6 is 11.3 Å². The molecule has 0 fully saturated rings. The molecule has 28 heavy (non-hydrogen) atoms. The number of pyridine rings is 1. The van der Waals surface area contributed by atoms with Gasteiger partial charge in [0.25, 0.3) is 5.56 Å². The Bertz CT molecular complexity index is 1350. The van der Waals surface area contributed by atoms with E-state index in [-0.39, 0.29) is 11.4 Å². The Morgan fingerprint density at radius 2 is 2.04 bits per heavy atom. The Labute approximate surface area is 163 Å². The molecule has 0 saturated heterocycles. The van der Waals surface area contributed by atoms with Crippen LogP contribution in [0.25, 0.3) is 27.2 Å². The zero-order valence-electron chi connectivity index (χ0n) is 14.8. The van der Waals surface area contributed by atoms with Crippen molar-refractivity contribution in [2.24, 2.45) is 4.99 Å². The van der Waals surface area contributed by atoms with E-state index >= 15 is 0 Å². The Balaban J connectivity index is 1.69. The quantitative estimate of drug-likeness (QED) is 0.569. The average Bonchev–Trinajstić information content (AvgIpc) is 3.27. The lowest BCUT2D eigenvalue weighted by atomic mass is 10.0. The van der Waals surface area contributed by atoms with Crippen molar-refractivity contribution in [2.75, 3.05) is 5.73 Å². The van der Waals surface area contributed by atoms with Gasteiger partial charge in [0, 0.05) is 34.8 Å². The molecule has 0 saturated carbocycles. The van der Waals surface area contributed by atoms with Gasteiger partial charge in [-0.2, -0.15) is 14.6 Å². The molecule has 0 amide bonds.